The van der Waals surface area contributed by atoms with E-state index in [2.05, 4.69) is 26.5 Å². The minimum Gasteiger partial charge on any atom is -0.508 e. The molecule has 0 spiro atoms. The average molecular weight is 799 g/mol. The topological polar surface area (TPSA) is 180 Å². The Morgan fingerprint density at radius 3 is 1.81 bits per heavy atom. The number of phenols is 1. The average Bonchev–Trinajstić information content (AvgIpc) is 3.26. The van der Waals surface area contributed by atoms with Gasteiger partial charge in [-0.2, -0.15) is 9.97 Å². The number of nitrogens with zero attached hydrogens (tertiary/aromatic N) is 6. The number of hydrogen-bond donors (Lipinski definition) is 1. The van der Waals surface area contributed by atoms with Gasteiger partial charge in [0.2, 0.25) is 11.8 Å². The molecule has 4 aliphatic rings. The van der Waals surface area contributed by atoms with Crippen molar-refractivity contribution in [3.63, 3.8) is 0 Å². The summed E-state index contributed by atoms with van der Waals surface area (Å²) in [6.45, 7) is 6.19. The van der Waals surface area contributed by atoms with Crippen LogP contribution in [0.5, 0.6) is 46.5 Å². The second-order valence-electron chi connectivity index (χ2n) is 13.9. The van der Waals surface area contributed by atoms with Crippen LogP contribution in [0.2, 0.25) is 0 Å². The first-order chi connectivity index (χ1) is 28.9. The van der Waals surface area contributed by atoms with Crippen LogP contribution >= 0.6 is 0 Å². The first-order valence-corrected chi connectivity index (χ1v) is 19.1. The molecule has 0 fully saturated rings. The minimum absolute atomic E-state index is 0.187. The number of aromatic nitrogens is 6. The zero-order valence-corrected chi connectivity index (χ0v) is 31.7. The molecule has 4 aliphatic heterocycles. The molecule has 2 aromatic carbocycles. The molecule has 0 radical (unpaired) electrons. The molecule has 0 saturated carbocycles. The second kappa shape index (κ2) is 16.2. The Labute approximate surface area is 336 Å². The highest BCUT2D eigenvalue weighted by molar-refractivity contribution is 5.68. The van der Waals surface area contributed by atoms with E-state index < -0.39 is 0 Å². The Morgan fingerprint density at radius 2 is 1.25 bits per heavy atom. The third kappa shape index (κ3) is 7.97. The lowest BCUT2D eigenvalue weighted by atomic mass is 9.97. The van der Waals surface area contributed by atoms with Crippen LogP contribution in [0.3, 0.4) is 0 Å². The Hall–Kier alpha value is -7.36. The second-order valence-corrected chi connectivity index (χ2v) is 13.9. The van der Waals surface area contributed by atoms with Gasteiger partial charge in [-0.3, -0.25) is 9.13 Å². The molecule has 16 heteroatoms. The number of hydrogen-bond acceptors (Lipinski definition) is 14. The maximum absolute atomic E-state index is 12.6. The van der Waals surface area contributed by atoms with Crippen molar-refractivity contribution >= 4 is 0 Å². The zero-order valence-electron chi connectivity index (χ0n) is 31.7. The number of ether oxygens (including phenoxy) is 7. The van der Waals surface area contributed by atoms with E-state index in [-0.39, 0.29) is 54.3 Å². The summed E-state index contributed by atoms with van der Waals surface area (Å²) in [5.41, 5.74) is 4.79. The Balaban J connectivity index is 0.000000153. The summed E-state index contributed by atoms with van der Waals surface area (Å²) in [7, 11) is 0. The number of benzene rings is 2. The van der Waals surface area contributed by atoms with Gasteiger partial charge in [0, 0.05) is 48.7 Å². The molecule has 4 aromatic heterocycles. The summed E-state index contributed by atoms with van der Waals surface area (Å²) < 4.78 is 43.3. The van der Waals surface area contributed by atoms with Crippen molar-refractivity contribution in [2.24, 2.45) is 0 Å². The van der Waals surface area contributed by atoms with Crippen LogP contribution in [0.15, 0.2) is 107 Å². The van der Waals surface area contributed by atoms with Crippen LogP contribution in [-0.2, 0) is 25.9 Å². The number of fused-ring (bicyclic) bond motifs is 8. The summed E-state index contributed by atoms with van der Waals surface area (Å²) >= 11 is 0. The Kier molecular flexibility index (Phi) is 10.3. The molecule has 0 unspecified atom stereocenters. The van der Waals surface area contributed by atoms with E-state index in [1.807, 2.05) is 18.2 Å². The van der Waals surface area contributed by atoms with Gasteiger partial charge in [-0.25, -0.2) is 19.6 Å². The van der Waals surface area contributed by atoms with Crippen LogP contribution in [0.4, 0.5) is 0 Å². The summed E-state index contributed by atoms with van der Waals surface area (Å²) in [6, 6.07) is 21.7. The van der Waals surface area contributed by atoms with Crippen LogP contribution in [-0.4, -0.2) is 79.4 Å². The lowest BCUT2D eigenvalue weighted by Gasteiger charge is -2.25. The van der Waals surface area contributed by atoms with Crippen molar-refractivity contribution in [2.75, 3.05) is 33.0 Å². The van der Waals surface area contributed by atoms with Crippen molar-refractivity contribution in [3.05, 3.63) is 130 Å². The molecular weight excluding hydrogens is 761 g/mol. The van der Waals surface area contributed by atoms with E-state index in [4.69, 9.17) is 33.2 Å². The smallest absolute Gasteiger partial charge is 0.351 e. The quantitative estimate of drug-likeness (QED) is 0.203. The van der Waals surface area contributed by atoms with Gasteiger partial charge >= 0.3 is 11.4 Å². The van der Waals surface area contributed by atoms with E-state index in [0.29, 0.717) is 62.6 Å². The van der Waals surface area contributed by atoms with Crippen LogP contribution < -0.4 is 44.5 Å². The third-order valence-electron chi connectivity index (χ3n) is 9.98. The van der Waals surface area contributed by atoms with Crippen molar-refractivity contribution in [3.8, 4) is 69.0 Å². The van der Waals surface area contributed by atoms with E-state index >= 15 is 0 Å². The third-order valence-corrected chi connectivity index (χ3v) is 9.98. The van der Waals surface area contributed by atoms with Gasteiger partial charge in [0.1, 0.15) is 44.5 Å². The number of rotatable bonds is 9. The SMILES string of the molecule is C=CCOc1ccc2c(c1)CCn1c-2cc(OC[C@H]2COc3ncccc3O2)nc1=O.O=c1nc(OC[C@H]2COc3ncccc3O2)cc2n1CCc1cc(O)ccc1-2. The van der Waals surface area contributed by atoms with Crippen LogP contribution in [0, 0.1) is 0 Å². The van der Waals surface area contributed by atoms with E-state index in [0.717, 1.165) is 45.8 Å². The molecule has 0 aliphatic carbocycles. The molecule has 0 bridgehead atoms. The summed E-state index contributed by atoms with van der Waals surface area (Å²) in [5.74, 6) is 3.56. The van der Waals surface area contributed by atoms with Crippen molar-refractivity contribution in [1.29, 1.82) is 0 Å². The lowest BCUT2D eigenvalue weighted by molar-refractivity contribution is 0.0486. The molecule has 10 rings (SSSR count). The van der Waals surface area contributed by atoms with Crippen LogP contribution in [0.25, 0.3) is 22.5 Å². The molecule has 1 N–H and O–H groups in total. The monoisotopic (exact) mass is 798 g/mol. The van der Waals surface area contributed by atoms with Crippen molar-refractivity contribution in [1.82, 2.24) is 29.1 Å². The lowest BCUT2D eigenvalue weighted by Crippen LogP contribution is -2.35. The van der Waals surface area contributed by atoms with Gasteiger partial charge in [-0.15, -0.1) is 0 Å². The number of aromatic hydroxyl groups is 1. The highest BCUT2D eigenvalue weighted by Crippen LogP contribution is 2.35. The molecule has 0 saturated heterocycles. The fraction of sp³-hybridized carbons (Fsp3) is 0.256. The molecule has 6 aromatic rings. The summed E-state index contributed by atoms with van der Waals surface area (Å²) in [4.78, 5) is 41.4. The zero-order chi connectivity index (χ0) is 40.3. The standard InChI is InChI=1S/C23H21N3O5.C20H17N3O5/c1-2-10-28-16-5-6-18-15(11-16)7-9-26-19(18)12-21(25-23(26)27)29-13-17-14-30-22-20(31-17)4-3-8-24-22;24-13-3-4-15-12(8-13)5-7-23-16(15)9-18(22-20(23)25)26-10-14-11-27-19-17(28-14)2-1-6-21-19/h2-6,8,11-12,17H,1,7,9-10,13-14H2;1-4,6,8-9,14,24H,5,7,10-11H2/t17-;14-/m00/s1. The summed E-state index contributed by atoms with van der Waals surface area (Å²) in [6.07, 6.45) is 5.74. The van der Waals surface area contributed by atoms with Gasteiger partial charge in [0.25, 0.3) is 11.8 Å². The first kappa shape index (κ1) is 37.2. The van der Waals surface area contributed by atoms with Gasteiger partial charge in [-0.1, -0.05) is 12.7 Å². The highest BCUT2D eigenvalue weighted by Gasteiger charge is 2.26. The van der Waals surface area contributed by atoms with Crippen LogP contribution in [0.1, 0.15) is 11.1 Å². The normalized spacial score (nSPS) is 16.4. The predicted molar refractivity (Wildman–Crippen MR) is 212 cm³/mol. The maximum Gasteiger partial charge on any atom is 0.351 e. The van der Waals surface area contributed by atoms with E-state index in [9.17, 15) is 14.7 Å². The number of aryl methyl sites for hydroxylation is 2. The predicted octanol–water partition coefficient (Wildman–Crippen LogP) is 4.43. The number of phenolic OH excluding ortho intramolecular Hbond substituents is 1. The maximum atomic E-state index is 12.6. The fourth-order valence-electron chi connectivity index (χ4n) is 7.21. The van der Waals surface area contributed by atoms with Gasteiger partial charge in [-0.05, 0) is 84.6 Å². The van der Waals surface area contributed by atoms with Crippen molar-refractivity contribution in [2.45, 2.75) is 38.1 Å². The Bertz CT molecular complexity index is 2660. The summed E-state index contributed by atoms with van der Waals surface area (Å²) in [5, 5.41) is 9.71. The minimum atomic E-state index is -0.360. The largest absolute Gasteiger partial charge is 0.508 e. The molecule has 8 heterocycles. The molecule has 300 valence electrons. The van der Waals surface area contributed by atoms with Gasteiger partial charge in [0.15, 0.2) is 23.7 Å². The Morgan fingerprint density at radius 1 is 0.712 bits per heavy atom. The van der Waals surface area contributed by atoms with E-state index in [1.165, 1.54) is 0 Å². The molecule has 16 nitrogen and oxygen atoms in total. The molecular formula is C43H38N6O10. The molecule has 2 atom stereocenters. The van der Waals surface area contributed by atoms with Gasteiger partial charge < -0.3 is 38.3 Å². The van der Waals surface area contributed by atoms with E-state index in [1.54, 1.807) is 82.2 Å². The van der Waals surface area contributed by atoms with Gasteiger partial charge in [0.05, 0.1) is 11.4 Å². The fourth-order valence-corrected chi connectivity index (χ4v) is 7.21. The molecule has 59 heavy (non-hydrogen) atoms. The number of pyridine rings is 2. The highest BCUT2D eigenvalue weighted by atomic mass is 16.6. The molecule has 0 amide bonds. The van der Waals surface area contributed by atoms with Crippen molar-refractivity contribution < 1.29 is 38.3 Å². The first-order valence-electron chi connectivity index (χ1n) is 19.1.